The molecule has 6 nitrogen and oxygen atoms in total. The van der Waals surface area contributed by atoms with Crippen LogP contribution >= 0.6 is 0 Å². The van der Waals surface area contributed by atoms with E-state index in [0.717, 1.165) is 23.2 Å². The van der Waals surface area contributed by atoms with Gasteiger partial charge in [0.2, 0.25) is 0 Å². The zero-order chi connectivity index (χ0) is 16.7. The summed E-state index contributed by atoms with van der Waals surface area (Å²) in [4.78, 5) is 19.4. The van der Waals surface area contributed by atoms with Crippen molar-refractivity contribution in [3.05, 3.63) is 23.0 Å². The summed E-state index contributed by atoms with van der Waals surface area (Å²) < 4.78 is 5.36. The van der Waals surface area contributed by atoms with E-state index in [9.17, 15) is 4.79 Å². The highest BCUT2D eigenvalue weighted by Gasteiger charge is 2.34. The van der Waals surface area contributed by atoms with Gasteiger partial charge in [-0.05, 0) is 44.7 Å². The van der Waals surface area contributed by atoms with Crippen LogP contribution in [-0.4, -0.2) is 40.1 Å². The SMILES string of the molecule is Cc1cc(C(=O)N2CC(CN)CC2C)c2c(C(C)C)noc2n1. The van der Waals surface area contributed by atoms with Crippen molar-refractivity contribution in [2.75, 3.05) is 13.1 Å². The van der Waals surface area contributed by atoms with Gasteiger partial charge >= 0.3 is 0 Å². The second-order valence-corrected chi connectivity index (χ2v) is 6.86. The lowest BCUT2D eigenvalue weighted by atomic mass is 10.0. The Kier molecular flexibility index (Phi) is 4.10. The molecular weight excluding hydrogens is 292 g/mol. The molecule has 23 heavy (non-hydrogen) atoms. The number of hydrogen-bond donors (Lipinski definition) is 1. The molecule has 1 saturated heterocycles. The van der Waals surface area contributed by atoms with Crippen LogP contribution in [-0.2, 0) is 0 Å². The first-order chi connectivity index (χ1) is 10.9. The summed E-state index contributed by atoms with van der Waals surface area (Å²) >= 11 is 0. The van der Waals surface area contributed by atoms with E-state index in [1.54, 1.807) is 0 Å². The van der Waals surface area contributed by atoms with E-state index in [1.807, 2.05) is 31.7 Å². The lowest BCUT2D eigenvalue weighted by molar-refractivity contribution is 0.0745. The van der Waals surface area contributed by atoms with Crippen molar-refractivity contribution in [2.24, 2.45) is 11.7 Å². The highest BCUT2D eigenvalue weighted by Crippen LogP contribution is 2.31. The second kappa shape index (κ2) is 5.92. The molecule has 2 N–H and O–H groups in total. The summed E-state index contributed by atoms with van der Waals surface area (Å²) in [5, 5.41) is 4.88. The Morgan fingerprint density at radius 2 is 2.26 bits per heavy atom. The van der Waals surface area contributed by atoms with Gasteiger partial charge in [0.25, 0.3) is 11.6 Å². The van der Waals surface area contributed by atoms with Gasteiger partial charge in [0.1, 0.15) is 0 Å². The molecule has 0 saturated carbocycles. The number of likely N-dealkylation sites (tertiary alicyclic amines) is 1. The van der Waals surface area contributed by atoms with E-state index in [2.05, 4.69) is 17.1 Å². The fourth-order valence-corrected chi connectivity index (χ4v) is 3.41. The summed E-state index contributed by atoms with van der Waals surface area (Å²) in [6.45, 7) is 9.34. The zero-order valence-electron chi connectivity index (χ0n) is 14.2. The second-order valence-electron chi connectivity index (χ2n) is 6.86. The zero-order valence-corrected chi connectivity index (χ0v) is 14.2. The number of hydrogen-bond acceptors (Lipinski definition) is 5. The largest absolute Gasteiger partial charge is 0.336 e. The Hall–Kier alpha value is -1.95. The Morgan fingerprint density at radius 1 is 1.52 bits per heavy atom. The molecule has 1 fully saturated rings. The van der Waals surface area contributed by atoms with Crippen molar-refractivity contribution >= 4 is 17.0 Å². The summed E-state index contributed by atoms with van der Waals surface area (Å²) in [6.07, 6.45) is 0.954. The van der Waals surface area contributed by atoms with Crippen LogP contribution in [0.3, 0.4) is 0 Å². The molecule has 3 rings (SSSR count). The highest BCUT2D eigenvalue weighted by atomic mass is 16.5. The minimum Gasteiger partial charge on any atom is -0.336 e. The molecule has 0 spiro atoms. The van der Waals surface area contributed by atoms with Crippen LogP contribution < -0.4 is 5.73 Å². The predicted molar refractivity (Wildman–Crippen MR) is 88.3 cm³/mol. The maximum absolute atomic E-state index is 13.1. The topological polar surface area (TPSA) is 85.2 Å². The Labute approximate surface area is 136 Å². The van der Waals surface area contributed by atoms with Crippen molar-refractivity contribution in [2.45, 2.75) is 46.1 Å². The number of nitrogens with zero attached hydrogens (tertiary/aromatic N) is 3. The van der Waals surface area contributed by atoms with E-state index in [1.165, 1.54) is 0 Å². The summed E-state index contributed by atoms with van der Waals surface area (Å²) in [7, 11) is 0. The molecule has 1 aliphatic heterocycles. The third-order valence-corrected chi connectivity index (χ3v) is 4.63. The molecule has 1 amide bonds. The number of aromatic nitrogens is 2. The summed E-state index contributed by atoms with van der Waals surface area (Å²) in [6, 6.07) is 2.04. The number of rotatable bonds is 3. The van der Waals surface area contributed by atoms with Gasteiger partial charge in [0, 0.05) is 18.3 Å². The van der Waals surface area contributed by atoms with Gasteiger partial charge in [-0.3, -0.25) is 4.79 Å². The van der Waals surface area contributed by atoms with E-state index >= 15 is 0 Å². The fraction of sp³-hybridized carbons (Fsp3) is 0.588. The van der Waals surface area contributed by atoms with Crippen molar-refractivity contribution in [1.29, 1.82) is 0 Å². The molecule has 0 radical (unpaired) electrons. The van der Waals surface area contributed by atoms with Crippen LogP contribution in [0.5, 0.6) is 0 Å². The standard InChI is InChI=1S/C17H24N4O2/c1-9(2)15-14-13(5-10(3)19-16(14)23-20-15)17(22)21-8-12(7-18)6-11(21)4/h5,9,11-12H,6-8,18H2,1-4H3. The molecule has 0 aromatic carbocycles. The molecule has 2 atom stereocenters. The number of nitrogens with two attached hydrogens (primary N) is 1. The average Bonchev–Trinajstić information content (AvgIpc) is 3.08. The quantitative estimate of drug-likeness (QED) is 0.940. The number of carbonyl (C=O) groups excluding carboxylic acids is 1. The van der Waals surface area contributed by atoms with E-state index in [-0.39, 0.29) is 17.9 Å². The lowest BCUT2D eigenvalue weighted by Gasteiger charge is -2.22. The average molecular weight is 316 g/mol. The fourth-order valence-electron chi connectivity index (χ4n) is 3.41. The van der Waals surface area contributed by atoms with Crippen LogP contribution in [0.1, 0.15) is 54.9 Å². The third kappa shape index (κ3) is 2.72. The molecule has 1 aliphatic rings. The minimum absolute atomic E-state index is 0.0223. The van der Waals surface area contributed by atoms with Gasteiger partial charge < -0.3 is 15.2 Å². The Balaban J connectivity index is 2.08. The van der Waals surface area contributed by atoms with Gasteiger partial charge in [0.05, 0.1) is 16.6 Å². The van der Waals surface area contributed by atoms with Crippen LogP contribution in [0.15, 0.2) is 10.6 Å². The smallest absolute Gasteiger partial charge is 0.259 e. The molecule has 0 bridgehead atoms. The Bertz CT molecular complexity index is 738. The molecule has 2 aromatic rings. The Morgan fingerprint density at radius 3 is 2.87 bits per heavy atom. The van der Waals surface area contributed by atoms with E-state index < -0.39 is 0 Å². The van der Waals surface area contributed by atoms with Crippen molar-refractivity contribution in [3.63, 3.8) is 0 Å². The van der Waals surface area contributed by atoms with Crippen LogP contribution in [0.4, 0.5) is 0 Å². The first kappa shape index (κ1) is 15.9. The third-order valence-electron chi connectivity index (χ3n) is 4.63. The molecule has 3 heterocycles. The molecule has 124 valence electrons. The van der Waals surface area contributed by atoms with E-state index in [0.29, 0.717) is 30.3 Å². The van der Waals surface area contributed by atoms with Crippen LogP contribution in [0.2, 0.25) is 0 Å². The number of fused-ring (bicyclic) bond motifs is 1. The lowest BCUT2D eigenvalue weighted by Crippen LogP contribution is -2.34. The molecule has 6 heteroatoms. The summed E-state index contributed by atoms with van der Waals surface area (Å²) in [5.74, 6) is 0.563. The number of carbonyl (C=O) groups is 1. The van der Waals surface area contributed by atoms with Crippen LogP contribution in [0.25, 0.3) is 11.1 Å². The molecule has 2 unspecified atom stereocenters. The van der Waals surface area contributed by atoms with Gasteiger partial charge in [0.15, 0.2) is 0 Å². The van der Waals surface area contributed by atoms with Crippen molar-refractivity contribution in [3.8, 4) is 0 Å². The summed E-state index contributed by atoms with van der Waals surface area (Å²) in [5.41, 5.74) is 8.42. The maximum atomic E-state index is 13.1. The number of aryl methyl sites for hydroxylation is 1. The van der Waals surface area contributed by atoms with E-state index in [4.69, 9.17) is 10.3 Å². The normalized spacial score (nSPS) is 21.6. The minimum atomic E-state index is 0.0223. The van der Waals surface area contributed by atoms with Gasteiger partial charge in [-0.25, -0.2) is 4.98 Å². The number of amides is 1. The molecule has 0 aliphatic carbocycles. The first-order valence-electron chi connectivity index (χ1n) is 8.20. The molecule has 2 aromatic heterocycles. The maximum Gasteiger partial charge on any atom is 0.259 e. The van der Waals surface area contributed by atoms with Crippen molar-refractivity contribution < 1.29 is 9.32 Å². The van der Waals surface area contributed by atoms with Gasteiger partial charge in [-0.15, -0.1) is 0 Å². The monoisotopic (exact) mass is 316 g/mol. The van der Waals surface area contributed by atoms with Gasteiger partial charge in [-0.1, -0.05) is 19.0 Å². The first-order valence-corrected chi connectivity index (χ1v) is 8.20. The molecular formula is C17H24N4O2. The highest BCUT2D eigenvalue weighted by molar-refractivity contribution is 6.06. The van der Waals surface area contributed by atoms with Gasteiger partial charge in [-0.2, -0.15) is 0 Å². The predicted octanol–water partition coefficient (Wildman–Crippen LogP) is 2.46. The van der Waals surface area contributed by atoms with Crippen molar-refractivity contribution in [1.82, 2.24) is 15.0 Å². The van der Waals surface area contributed by atoms with Crippen LogP contribution in [0, 0.1) is 12.8 Å². The number of pyridine rings is 1.